The summed E-state index contributed by atoms with van der Waals surface area (Å²) in [5.41, 5.74) is 4.81. The molecule has 1 amide bonds. The predicted molar refractivity (Wildman–Crippen MR) is 181 cm³/mol. The van der Waals surface area contributed by atoms with E-state index in [1.165, 1.54) is 27.2 Å². The average molecular weight is 678 g/mol. The van der Waals surface area contributed by atoms with Crippen molar-refractivity contribution < 1.29 is 52.2 Å². The molecule has 12 nitrogen and oxygen atoms in total. The topological polar surface area (TPSA) is 113 Å². The van der Waals surface area contributed by atoms with Crippen LogP contribution in [0.4, 0.5) is 4.79 Å². The van der Waals surface area contributed by atoms with E-state index in [-0.39, 0.29) is 12.0 Å². The zero-order valence-corrected chi connectivity index (χ0v) is 28.8. The van der Waals surface area contributed by atoms with Crippen LogP contribution in [0.3, 0.4) is 0 Å². The molecule has 1 aliphatic carbocycles. The van der Waals surface area contributed by atoms with Crippen molar-refractivity contribution in [3.8, 4) is 11.1 Å². The molecule has 1 aliphatic rings. The van der Waals surface area contributed by atoms with Crippen molar-refractivity contribution in [1.29, 1.82) is 0 Å². The third kappa shape index (κ3) is 16.2. The van der Waals surface area contributed by atoms with Gasteiger partial charge in [0.1, 0.15) is 6.61 Å². The van der Waals surface area contributed by atoms with Crippen molar-refractivity contribution >= 4 is 6.09 Å². The van der Waals surface area contributed by atoms with Crippen molar-refractivity contribution in [3.63, 3.8) is 0 Å². The van der Waals surface area contributed by atoms with Crippen LogP contribution in [0.2, 0.25) is 0 Å². The lowest BCUT2D eigenvalue weighted by atomic mass is 9.98. The van der Waals surface area contributed by atoms with Gasteiger partial charge >= 0.3 is 6.09 Å². The normalized spacial score (nSPS) is 12.3. The van der Waals surface area contributed by atoms with Gasteiger partial charge in [0.2, 0.25) is 0 Å². The number of carbonyl (C=O) groups excluding carboxylic acids is 1. The maximum absolute atomic E-state index is 12.6. The van der Waals surface area contributed by atoms with Crippen molar-refractivity contribution in [2.45, 2.75) is 12.8 Å². The highest BCUT2D eigenvalue weighted by molar-refractivity contribution is 5.79. The average Bonchev–Trinajstić information content (AvgIpc) is 3.43. The van der Waals surface area contributed by atoms with E-state index in [0.717, 1.165) is 0 Å². The van der Waals surface area contributed by atoms with Crippen LogP contribution in [0.15, 0.2) is 48.5 Å². The first-order valence-electron chi connectivity index (χ1n) is 17.0. The highest BCUT2D eigenvalue weighted by atomic mass is 16.6. The molecule has 0 aliphatic heterocycles. The van der Waals surface area contributed by atoms with Gasteiger partial charge in [0.15, 0.2) is 0 Å². The number of benzene rings is 2. The van der Waals surface area contributed by atoms with E-state index in [1.54, 1.807) is 7.05 Å². The zero-order chi connectivity index (χ0) is 33.9. The summed E-state index contributed by atoms with van der Waals surface area (Å²) >= 11 is 0. The Morgan fingerprint density at radius 1 is 0.521 bits per heavy atom. The Bertz CT molecular complexity index is 1060. The molecule has 0 N–H and O–H groups in total. The second-order valence-corrected chi connectivity index (χ2v) is 10.8. The minimum atomic E-state index is -0.361. The Labute approximate surface area is 285 Å². The third-order valence-electron chi connectivity index (χ3n) is 7.40. The first-order valence-corrected chi connectivity index (χ1v) is 17.0. The van der Waals surface area contributed by atoms with Crippen LogP contribution in [0.1, 0.15) is 24.0 Å². The summed E-state index contributed by atoms with van der Waals surface area (Å²) in [7, 11) is 1.72. The first kappa shape index (κ1) is 39.8. The first-order chi connectivity index (χ1) is 23.7. The number of nitrogens with zero attached hydrogens (tertiary/aromatic N) is 1. The van der Waals surface area contributed by atoms with Crippen LogP contribution in [-0.4, -0.2) is 150 Å². The predicted octanol–water partition coefficient (Wildman–Crippen LogP) is 4.04. The zero-order valence-electron chi connectivity index (χ0n) is 28.8. The van der Waals surface area contributed by atoms with Gasteiger partial charge < -0.3 is 52.3 Å². The number of fused-ring (bicyclic) bond motifs is 3. The largest absolute Gasteiger partial charge is 0.448 e. The van der Waals surface area contributed by atoms with Gasteiger partial charge in [-0.2, -0.15) is 0 Å². The lowest BCUT2D eigenvalue weighted by Crippen LogP contribution is -2.32. The van der Waals surface area contributed by atoms with Crippen LogP contribution in [0.5, 0.6) is 0 Å². The monoisotopic (exact) mass is 677 g/mol. The third-order valence-corrected chi connectivity index (χ3v) is 7.40. The standard InChI is InChI=1S/C36H55NO11/c1-3-39-14-15-41-18-19-43-22-23-45-26-27-47-29-28-46-25-24-44-21-20-42-17-16-40-13-12-37(2)36(38)48-30-35-33-10-6-4-8-31(33)32-9-5-7-11-34(32)35/h4-11,35H,3,12-30H2,1-2H3. The molecule has 0 radical (unpaired) electrons. The molecule has 0 atom stereocenters. The van der Waals surface area contributed by atoms with Crippen LogP contribution >= 0.6 is 0 Å². The van der Waals surface area contributed by atoms with Crippen LogP contribution in [0, 0.1) is 0 Å². The molecule has 0 unspecified atom stereocenters. The number of rotatable bonds is 30. The molecule has 270 valence electrons. The van der Waals surface area contributed by atoms with E-state index in [1.807, 2.05) is 31.2 Å². The lowest BCUT2D eigenvalue weighted by molar-refractivity contribution is -0.0250. The molecule has 3 rings (SSSR count). The van der Waals surface area contributed by atoms with Crippen LogP contribution < -0.4 is 0 Å². The Balaban J connectivity index is 1.02. The summed E-state index contributed by atoms with van der Waals surface area (Å²) in [5.74, 6) is 0.0426. The lowest BCUT2D eigenvalue weighted by Gasteiger charge is -2.19. The van der Waals surface area contributed by atoms with Gasteiger partial charge in [-0.3, -0.25) is 0 Å². The summed E-state index contributed by atoms with van der Waals surface area (Å²) in [5, 5.41) is 0. The molecule has 2 aromatic rings. The highest BCUT2D eigenvalue weighted by Gasteiger charge is 2.29. The molecule has 2 aromatic carbocycles. The van der Waals surface area contributed by atoms with Crippen LogP contribution in [0.25, 0.3) is 11.1 Å². The quantitative estimate of drug-likeness (QED) is 0.112. The van der Waals surface area contributed by atoms with Gasteiger partial charge in [0.25, 0.3) is 0 Å². The fourth-order valence-electron chi connectivity index (χ4n) is 4.90. The summed E-state index contributed by atoms with van der Waals surface area (Å²) in [6.45, 7) is 12.0. The molecule has 0 heterocycles. The molecule has 0 fully saturated rings. The summed E-state index contributed by atoms with van der Waals surface area (Å²) < 4.78 is 54.7. The smallest absolute Gasteiger partial charge is 0.409 e. The minimum Gasteiger partial charge on any atom is -0.448 e. The Kier molecular flexibility index (Phi) is 21.8. The molecule has 0 saturated carbocycles. The van der Waals surface area contributed by atoms with Crippen molar-refractivity contribution in [2.24, 2.45) is 0 Å². The second-order valence-electron chi connectivity index (χ2n) is 10.8. The molecule has 12 heteroatoms. The molecular formula is C36H55NO11. The second kappa shape index (κ2) is 26.2. The van der Waals surface area contributed by atoms with Gasteiger partial charge in [-0.1, -0.05) is 48.5 Å². The van der Waals surface area contributed by atoms with Gasteiger partial charge in [0, 0.05) is 26.1 Å². The minimum absolute atomic E-state index is 0.0426. The maximum Gasteiger partial charge on any atom is 0.409 e. The molecule has 0 spiro atoms. The van der Waals surface area contributed by atoms with E-state index < -0.39 is 0 Å². The Morgan fingerprint density at radius 3 is 1.23 bits per heavy atom. The van der Waals surface area contributed by atoms with E-state index in [9.17, 15) is 4.79 Å². The van der Waals surface area contributed by atoms with Gasteiger partial charge in [-0.15, -0.1) is 0 Å². The SMILES string of the molecule is CCOCCOCCOCCOCCOCCOCCOCCOCCOCCN(C)C(=O)OCC1c2ccccc2-c2ccccc21. The van der Waals surface area contributed by atoms with Crippen molar-refractivity contribution in [1.82, 2.24) is 4.90 Å². The Hall–Kier alpha value is -2.65. The van der Waals surface area contributed by atoms with Crippen molar-refractivity contribution in [2.75, 3.05) is 139 Å². The van der Waals surface area contributed by atoms with Crippen molar-refractivity contribution in [3.05, 3.63) is 59.7 Å². The number of ether oxygens (including phenoxy) is 10. The summed E-state index contributed by atoms with van der Waals surface area (Å²) in [6.07, 6.45) is -0.361. The number of likely N-dealkylation sites (N-methyl/N-ethyl adjacent to an activating group) is 1. The number of hydrogen-bond donors (Lipinski definition) is 0. The van der Waals surface area contributed by atoms with Gasteiger partial charge in [-0.25, -0.2) is 4.79 Å². The molecule has 0 saturated heterocycles. The molecule has 0 aromatic heterocycles. The fourth-order valence-corrected chi connectivity index (χ4v) is 4.90. The highest BCUT2D eigenvalue weighted by Crippen LogP contribution is 2.44. The maximum atomic E-state index is 12.6. The number of carbonyl (C=O) groups is 1. The molecule has 48 heavy (non-hydrogen) atoms. The van der Waals surface area contributed by atoms with E-state index in [0.29, 0.717) is 132 Å². The summed E-state index contributed by atoms with van der Waals surface area (Å²) in [6, 6.07) is 16.6. The molecular weight excluding hydrogens is 622 g/mol. The van der Waals surface area contributed by atoms with Gasteiger partial charge in [0.05, 0.1) is 112 Å². The Morgan fingerprint density at radius 2 is 0.854 bits per heavy atom. The number of hydrogen-bond acceptors (Lipinski definition) is 11. The fraction of sp³-hybridized carbons (Fsp3) is 0.639. The summed E-state index contributed by atoms with van der Waals surface area (Å²) in [4.78, 5) is 14.1. The van der Waals surface area contributed by atoms with E-state index in [4.69, 9.17) is 47.4 Å². The van der Waals surface area contributed by atoms with Gasteiger partial charge in [-0.05, 0) is 29.2 Å². The van der Waals surface area contributed by atoms with E-state index in [2.05, 4.69) is 24.3 Å². The van der Waals surface area contributed by atoms with Crippen LogP contribution in [-0.2, 0) is 47.4 Å². The number of amides is 1. The molecule has 0 bridgehead atoms. The van der Waals surface area contributed by atoms with E-state index >= 15 is 0 Å².